The molecule has 0 spiro atoms. The molecule has 0 bridgehead atoms. The number of sulfonamides is 1. The lowest BCUT2D eigenvalue weighted by molar-refractivity contribution is -0.895. The maximum absolute atomic E-state index is 12.6. The summed E-state index contributed by atoms with van der Waals surface area (Å²) in [6, 6.07) is 8.10. The van der Waals surface area contributed by atoms with Gasteiger partial charge in [-0.05, 0) is 25.0 Å². The predicted molar refractivity (Wildman–Crippen MR) is 104 cm³/mol. The fourth-order valence-electron chi connectivity index (χ4n) is 3.83. The van der Waals surface area contributed by atoms with Crippen molar-refractivity contribution in [3.8, 4) is 0 Å². The van der Waals surface area contributed by atoms with Crippen molar-refractivity contribution in [3.05, 3.63) is 30.3 Å². The Morgan fingerprint density at radius 1 is 1.04 bits per heavy atom. The molecule has 9 heteroatoms. The number of quaternary nitrogens is 1. The average molecular weight is 410 g/mol. The number of carbonyl (C=O) groups is 2. The van der Waals surface area contributed by atoms with Gasteiger partial charge in [-0.3, -0.25) is 10.1 Å². The van der Waals surface area contributed by atoms with Crippen LogP contribution < -0.4 is 15.5 Å². The quantitative estimate of drug-likeness (QED) is 0.624. The number of piperazine rings is 1. The van der Waals surface area contributed by atoms with E-state index in [1.807, 2.05) is 0 Å². The Balaban J connectivity index is 1.42. The predicted octanol–water partition coefficient (Wildman–Crippen LogP) is -0.266. The van der Waals surface area contributed by atoms with Crippen molar-refractivity contribution < 1.29 is 22.9 Å². The summed E-state index contributed by atoms with van der Waals surface area (Å²) >= 11 is 0. The van der Waals surface area contributed by atoms with Gasteiger partial charge in [-0.2, -0.15) is 4.31 Å². The number of rotatable bonds is 5. The third kappa shape index (κ3) is 5.52. The molecule has 28 heavy (non-hydrogen) atoms. The molecule has 1 aromatic rings. The highest BCUT2D eigenvalue weighted by atomic mass is 32.2. The molecule has 2 aliphatic rings. The number of hydrogen-bond acceptors (Lipinski definition) is 4. The van der Waals surface area contributed by atoms with E-state index in [0.29, 0.717) is 26.2 Å². The Bertz CT molecular complexity index is 770. The van der Waals surface area contributed by atoms with Crippen molar-refractivity contribution in [1.82, 2.24) is 14.9 Å². The second-order valence-corrected chi connectivity index (χ2v) is 9.44. The smallest absolute Gasteiger partial charge is 0.321 e. The number of amides is 3. The van der Waals surface area contributed by atoms with E-state index in [-0.39, 0.29) is 23.4 Å². The zero-order chi connectivity index (χ0) is 20.0. The molecule has 0 radical (unpaired) electrons. The van der Waals surface area contributed by atoms with E-state index in [9.17, 15) is 18.0 Å². The van der Waals surface area contributed by atoms with Crippen molar-refractivity contribution in [3.63, 3.8) is 0 Å². The maximum atomic E-state index is 12.6. The highest BCUT2D eigenvalue weighted by Gasteiger charge is 2.31. The lowest BCUT2D eigenvalue weighted by atomic mass is 9.96. The first-order chi connectivity index (χ1) is 13.4. The lowest BCUT2D eigenvalue weighted by Crippen LogP contribution is -3.15. The second kappa shape index (κ2) is 9.49. The summed E-state index contributed by atoms with van der Waals surface area (Å²) in [5.74, 6) is -0.331. The molecule has 154 valence electrons. The van der Waals surface area contributed by atoms with Gasteiger partial charge in [-0.1, -0.05) is 37.5 Å². The van der Waals surface area contributed by atoms with Crippen molar-refractivity contribution >= 4 is 22.0 Å². The standard InChI is InChI=1S/C19H28N4O4S/c24-18(21-19(25)20-16-7-3-1-4-8-16)15-22-11-13-23(14-12-22)28(26,27)17-9-5-2-6-10-17/h2,5-6,9-10,16H,1,3-4,7-8,11-15H2,(H2,20,21,24,25)/p+1. The number of imide groups is 1. The Kier molecular flexibility index (Phi) is 7.03. The monoisotopic (exact) mass is 409 g/mol. The van der Waals surface area contributed by atoms with Crippen molar-refractivity contribution in [2.24, 2.45) is 0 Å². The molecule has 1 aliphatic heterocycles. The number of nitrogens with zero attached hydrogens (tertiary/aromatic N) is 1. The van der Waals surface area contributed by atoms with Crippen LogP contribution in [0.15, 0.2) is 35.2 Å². The van der Waals surface area contributed by atoms with E-state index in [1.165, 1.54) is 10.7 Å². The highest BCUT2D eigenvalue weighted by molar-refractivity contribution is 7.89. The Labute approximate surface area is 166 Å². The van der Waals surface area contributed by atoms with Gasteiger partial charge in [0, 0.05) is 6.04 Å². The first-order valence-electron chi connectivity index (χ1n) is 9.94. The van der Waals surface area contributed by atoms with Gasteiger partial charge in [0.25, 0.3) is 5.91 Å². The maximum Gasteiger partial charge on any atom is 0.321 e. The topological polar surface area (TPSA) is 100 Å². The van der Waals surface area contributed by atoms with Crippen LogP contribution in [0.1, 0.15) is 32.1 Å². The number of benzene rings is 1. The van der Waals surface area contributed by atoms with Gasteiger partial charge in [0.05, 0.1) is 31.1 Å². The molecule has 8 nitrogen and oxygen atoms in total. The zero-order valence-electron chi connectivity index (χ0n) is 16.0. The van der Waals surface area contributed by atoms with E-state index >= 15 is 0 Å². The molecule has 0 unspecified atom stereocenters. The van der Waals surface area contributed by atoms with Crippen LogP contribution >= 0.6 is 0 Å². The third-order valence-electron chi connectivity index (χ3n) is 5.41. The van der Waals surface area contributed by atoms with Crippen LogP contribution in [0, 0.1) is 0 Å². The van der Waals surface area contributed by atoms with E-state index < -0.39 is 16.1 Å². The first-order valence-corrected chi connectivity index (χ1v) is 11.4. The fraction of sp³-hybridized carbons (Fsp3) is 0.579. The highest BCUT2D eigenvalue weighted by Crippen LogP contribution is 2.17. The molecule has 1 aromatic carbocycles. The number of carbonyl (C=O) groups excluding carboxylic acids is 2. The van der Waals surface area contributed by atoms with Gasteiger partial charge in [0.2, 0.25) is 10.0 Å². The Morgan fingerprint density at radius 3 is 2.32 bits per heavy atom. The van der Waals surface area contributed by atoms with Crippen molar-refractivity contribution in [2.45, 2.75) is 43.0 Å². The van der Waals surface area contributed by atoms with Gasteiger partial charge < -0.3 is 10.2 Å². The first kappa shape index (κ1) is 20.8. The van der Waals surface area contributed by atoms with Gasteiger partial charge in [-0.25, -0.2) is 13.2 Å². The van der Waals surface area contributed by atoms with E-state index in [1.54, 1.807) is 30.3 Å². The lowest BCUT2D eigenvalue weighted by Gasteiger charge is -2.31. The van der Waals surface area contributed by atoms with Gasteiger partial charge in [-0.15, -0.1) is 0 Å². The van der Waals surface area contributed by atoms with Crippen LogP contribution in [0.5, 0.6) is 0 Å². The normalized spacial score (nSPS) is 19.9. The molecule has 1 heterocycles. The van der Waals surface area contributed by atoms with Gasteiger partial charge >= 0.3 is 6.03 Å². The van der Waals surface area contributed by atoms with Crippen LogP contribution in [-0.4, -0.2) is 63.4 Å². The largest absolute Gasteiger partial charge is 0.335 e. The Hall–Kier alpha value is -1.97. The average Bonchev–Trinajstić information content (AvgIpc) is 2.69. The van der Waals surface area contributed by atoms with Crippen LogP contribution in [0.4, 0.5) is 4.79 Å². The summed E-state index contributed by atoms with van der Waals surface area (Å²) in [6.45, 7) is 1.94. The second-order valence-electron chi connectivity index (χ2n) is 7.50. The number of hydrogen-bond donors (Lipinski definition) is 3. The van der Waals surface area contributed by atoms with Gasteiger partial charge in [0.15, 0.2) is 6.54 Å². The minimum atomic E-state index is -3.49. The molecule has 0 atom stereocenters. The van der Waals surface area contributed by atoms with E-state index in [0.717, 1.165) is 30.6 Å². The molecule has 3 N–H and O–H groups in total. The van der Waals surface area contributed by atoms with Crippen LogP contribution in [0.3, 0.4) is 0 Å². The minimum absolute atomic E-state index is 0.153. The molecular weight excluding hydrogens is 380 g/mol. The Morgan fingerprint density at radius 2 is 1.68 bits per heavy atom. The SMILES string of the molecule is O=C(C[NH+]1CCN(S(=O)(=O)c2ccccc2)CC1)NC(=O)NC1CCCCC1. The molecule has 3 amide bonds. The third-order valence-corrected chi connectivity index (χ3v) is 7.33. The fourth-order valence-corrected chi connectivity index (χ4v) is 5.29. The summed E-state index contributed by atoms with van der Waals surface area (Å²) < 4.78 is 26.7. The number of nitrogens with one attached hydrogen (secondary N) is 3. The summed E-state index contributed by atoms with van der Waals surface area (Å²) in [7, 11) is -3.49. The van der Waals surface area contributed by atoms with E-state index in [2.05, 4.69) is 10.6 Å². The van der Waals surface area contributed by atoms with Crippen LogP contribution in [0.25, 0.3) is 0 Å². The molecule has 1 saturated heterocycles. The molecule has 2 fully saturated rings. The summed E-state index contributed by atoms with van der Waals surface area (Å²) in [6.07, 6.45) is 5.35. The number of urea groups is 1. The minimum Gasteiger partial charge on any atom is -0.335 e. The van der Waals surface area contributed by atoms with Crippen LogP contribution in [-0.2, 0) is 14.8 Å². The zero-order valence-corrected chi connectivity index (χ0v) is 16.8. The van der Waals surface area contributed by atoms with Crippen molar-refractivity contribution in [1.29, 1.82) is 0 Å². The molecule has 3 rings (SSSR count). The van der Waals surface area contributed by atoms with E-state index in [4.69, 9.17) is 0 Å². The summed E-state index contributed by atoms with van der Waals surface area (Å²) in [5.41, 5.74) is 0. The molecular formula is C19H29N4O4S+. The molecule has 0 aromatic heterocycles. The van der Waals surface area contributed by atoms with Crippen LogP contribution in [0.2, 0.25) is 0 Å². The van der Waals surface area contributed by atoms with Gasteiger partial charge in [0.1, 0.15) is 0 Å². The molecule has 1 saturated carbocycles. The van der Waals surface area contributed by atoms with Crippen molar-refractivity contribution in [2.75, 3.05) is 32.7 Å². The summed E-state index contributed by atoms with van der Waals surface area (Å²) in [4.78, 5) is 25.4. The summed E-state index contributed by atoms with van der Waals surface area (Å²) in [5, 5.41) is 5.26. The molecule has 1 aliphatic carbocycles.